The molecule has 0 amide bonds. The van der Waals surface area contributed by atoms with E-state index in [0.717, 1.165) is 0 Å². The molecular formula is C20H23N2+. The van der Waals surface area contributed by atoms with E-state index in [2.05, 4.69) is 92.6 Å². The quantitative estimate of drug-likeness (QED) is 0.629. The highest BCUT2D eigenvalue weighted by Crippen LogP contribution is 2.17. The van der Waals surface area contributed by atoms with Crippen molar-refractivity contribution in [3.63, 3.8) is 0 Å². The van der Waals surface area contributed by atoms with Gasteiger partial charge in [0.15, 0.2) is 0 Å². The summed E-state index contributed by atoms with van der Waals surface area (Å²) in [5.74, 6) is 0. The van der Waals surface area contributed by atoms with E-state index >= 15 is 0 Å². The van der Waals surface area contributed by atoms with Crippen molar-refractivity contribution in [2.24, 2.45) is 14.1 Å². The Kier molecular flexibility index (Phi) is 3.61. The predicted octanol–water partition coefficient (Wildman–Crippen LogP) is 4.10. The molecule has 0 unspecified atom stereocenters. The first-order valence-corrected chi connectivity index (χ1v) is 7.68. The third-order valence-corrected chi connectivity index (χ3v) is 4.61. The van der Waals surface area contributed by atoms with Crippen LogP contribution in [0.5, 0.6) is 0 Å². The number of pyridine rings is 1. The zero-order valence-corrected chi connectivity index (χ0v) is 14.0. The van der Waals surface area contributed by atoms with Crippen molar-refractivity contribution in [2.75, 3.05) is 0 Å². The Balaban J connectivity index is 2.03. The molecule has 0 atom stereocenters. The molecule has 0 aliphatic heterocycles. The number of benzene rings is 1. The number of nitrogens with zero attached hydrogens (tertiary/aromatic N) is 2. The smallest absolute Gasteiger partial charge is 0.212 e. The molecule has 2 nitrogen and oxygen atoms in total. The Bertz CT molecular complexity index is 882. The summed E-state index contributed by atoms with van der Waals surface area (Å²) in [7, 11) is 4.24. The number of aromatic nitrogens is 2. The van der Waals surface area contributed by atoms with Gasteiger partial charge in [0.1, 0.15) is 7.05 Å². The average molecular weight is 291 g/mol. The summed E-state index contributed by atoms with van der Waals surface area (Å²) >= 11 is 0. The normalized spacial score (nSPS) is 11.7. The number of hydrogen-bond acceptors (Lipinski definition) is 0. The zero-order chi connectivity index (χ0) is 15.9. The fraction of sp³-hybridized carbons (Fsp3) is 0.250. The van der Waals surface area contributed by atoms with Crippen molar-refractivity contribution in [1.82, 2.24) is 4.57 Å². The minimum absolute atomic E-state index is 1.21. The van der Waals surface area contributed by atoms with Gasteiger partial charge in [-0.2, -0.15) is 4.57 Å². The van der Waals surface area contributed by atoms with Gasteiger partial charge in [-0.05, 0) is 50.6 Å². The van der Waals surface area contributed by atoms with Gasteiger partial charge in [0.25, 0.3) is 0 Å². The van der Waals surface area contributed by atoms with E-state index in [1.165, 1.54) is 39.1 Å². The van der Waals surface area contributed by atoms with Crippen molar-refractivity contribution in [3.8, 4) is 0 Å². The molecule has 0 radical (unpaired) electrons. The van der Waals surface area contributed by atoms with Crippen molar-refractivity contribution < 1.29 is 4.57 Å². The Morgan fingerprint density at radius 1 is 0.955 bits per heavy atom. The molecule has 0 saturated heterocycles. The van der Waals surface area contributed by atoms with E-state index in [1.807, 2.05) is 0 Å². The van der Waals surface area contributed by atoms with Gasteiger partial charge in [-0.15, -0.1) is 0 Å². The number of rotatable bonds is 2. The van der Waals surface area contributed by atoms with Crippen LogP contribution < -0.4 is 4.57 Å². The molecule has 1 aromatic carbocycles. The summed E-state index contributed by atoms with van der Waals surface area (Å²) in [6.45, 7) is 6.44. The van der Waals surface area contributed by atoms with Crippen LogP contribution in [0, 0.1) is 20.8 Å². The molecule has 0 bridgehead atoms. The maximum absolute atomic E-state index is 2.25. The lowest BCUT2D eigenvalue weighted by Crippen LogP contribution is -2.32. The van der Waals surface area contributed by atoms with E-state index in [1.54, 1.807) is 0 Å². The average Bonchev–Trinajstić information content (AvgIpc) is 2.74. The van der Waals surface area contributed by atoms with Crippen LogP contribution in [0.1, 0.15) is 28.2 Å². The number of hydrogen-bond donors (Lipinski definition) is 0. The van der Waals surface area contributed by atoms with Gasteiger partial charge in [-0.1, -0.05) is 11.6 Å². The lowest BCUT2D eigenvalue weighted by Gasteiger charge is -2.01. The molecule has 3 rings (SSSR count). The highest BCUT2D eigenvalue weighted by molar-refractivity contribution is 5.78. The lowest BCUT2D eigenvalue weighted by atomic mass is 10.1. The Labute approximate surface area is 132 Å². The zero-order valence-electron chi connectivity index (χ0n) is 14.0. The molecule has 0 aliphatic carbocycles. The van der Waals surface area contributed by atoms with Crippen LogP contribution in [0.15, 0.2) is 36.4 Å². The van der Waals surface area contributed by atoms with Gasteiger partial charge in [0.2, 0.25) is 11.2 Å². The summed E-state index contributed by atoms with van der Waals surface area (Å²) < 4.78 is 4.47. The van der Waals surface area contributed by atoms with Crippen molar-refractivity contribution in [3.05, 3.63) is 64.6 Å². The molecule has 112 valence electrons. The lowest BCUT2D eigenvalue weighted by molar-refractivity contribution is -0.646. The van der Waals surface area contributed by atoms with E-state index in [4.69, 9.17) is 0 Å². The molecule has 3 aromatic rings. The minimum Gasteiger partial charge on any atom is -0.352 e. The van der Waals surface area contributed by atoms with E-state index in [9.17, 15) is 0 Å². The second-order valence-electron chi connectivity index (χ2n) is 6.10. The monoisotopic (exact) mass is 291 g/mol. The molecular weight excluding hydrogens is 268 g/mol. The molecule has 2 aromatic heterocycles. The Morgan fingerprint density at radius 2 is 1.73 bits per heavy atom. The molecule has 22 heavy (non-hydrogen) atoms. The van der Waals surface area contributed by atoms with E-state index in [-0.39, 0.29) is 0 Å². The van der Waals surface area contributed by atoms with E-state index < -0.39 is 0 Å². The van der Waals surface area contributed by atoms with Gasteiger partial charge >= 0.3 is 0 Å². The maximum atomic E-state index is 2.25. The van der Waals surface area contributed by atoms with Gasteiger partial charge < -0.3 is 4.57 Å². The van der Waals surface area contributed by atoms with E-state index in [0.29, 0.717) is 0 Å². The highest BCUT2D eigenvalue weighted by atomic mass is 14.9. The molecule has 0 aliphatic rings. The number of fused-ring (bicyclic) bond motifs is 1. The maximum Gasteiger partial charge on any atom is 0.212 e. The van der Waals surface area contributed by atoms with Crippen LogP contribution in [0.2, 0.25) is 0 Å². The summed E-state index contributed by atoms with van der Waals surface area (Å²) in [5, 5.41) is 1.28. The fourth-order valence-electron chi connectivity index (χ4n) is 2.93. The topological polar surface area (TPSA) is 8.81 Å². The van der Waals surface area contributed by atoms with Crippen LogP contribution in [0.4, 0.5) is 0 Å². The van der Waals surface area contributed by atoms with Crippen LogP contribution in [-0.4, -0.2) is 4.57 Å². The van der Waals surface area contributed by atoms with Gasteiger partial charge in [-0.25, -0.2) is 0 Å². The highest BCUT2D eigenvalue weighted by Gasteiger charge is 2.10. The van der Waals surface area contributed by atoms with Crippen LogP contribution in [0.3, 0.4) is 0 Å². The molecule has 2 heterocycles. The Morgan fingerprint density at radius 3 is 2.41 bits per heavy atom. The fourth-order valence-corrected chi connectivity index (χ4v) is 2.93. The number of aryl methyl sites for hydroxylation is 3. The first-order valence-electron chi connectivity index (χ1n) is 7.68. The van der Waals surface area contributed by atoms with Crippen molar-refractivity contribution in [2.45, 2.75) is 20.8 Å². The predicted molar refractivity (Wildman–Crippen MR) is 93.7 cm³/mol. The third kappa shape index (κ3) is 2.45. The summed E-state index contributed by atoms with van der Waals surface area (Å²) in [4.78, 5) is 0. The SMILES string of the molecule is Cc1ccc2c(ccc(/C=C/c3cc(C)n(C)c3C)[n+]2C)c1. The molecule has 0 fully saturated rings. The summed E-state index contributed by atoms with van der Waals surface area (Å²) in [6, 6.07) is 13.2. The standard InChI is InChI=1S/C20H23N2/c1-14-6-11-20-18(12-14)8-10-19(22(20)5)9-7-17-13-15(2)21(4)16(17)3/h6-13H,1-5H3/q+1. The first-order chi connectivity index (χ1) is 10.5. The summed E-state index contributed by atoms with van der Waals surface area (Å²) in [5.41, 5.74) is 7.63. The van der Waals surface area contributed by atoms with Crippen LogP contribution >= 0.6 is 0 Å². The van der Waals surface area contributed by atoms with Crippen LogP contribution in [-0.2, 0) is 14.1 Å². The van der Waals surface area contributed by atoms with Crippen molar-refractivity contribution >= 4 is 23.1 Å². The van der Waals surface area contributed by atoms with Gasteiger partial charge in [-0.3, -0.25) is 0 Å². The largest absolute Gasteiger partial charge is 0.352 e. The van der Waals surface area contributed by atoms with Crippen molar-refractivity contribution in [1.29, 1.82) is 0 Å². The molecule has 2 heteroatoms. The minimum atomic E-state index is 1.21. The van der Waals surface area contributed by atoms with Crippen LogP contribution in [0.25, 0.3) is 23.1 Å². The second kappa shape index (κ2) is 5.45. The third-order valence-electron chi connectivity index (χ3n) is 4.61. The first kappa shape index (κ1) is 14.6. The molecule has 0 spiro atoms. The van der Waals surface area contributed by atoms with Gasteiger partial charge in [0, 0.05) is 42.0 Å². The Hall–Kier alpha value is -2.35. The second-order valence-corrected chi connectivity index (χ2v) is 6.10. The van der Waals surface area contributed by atoms with Gasteiger partial charge in [0.05, 0.1) is 0 Å². The molecule has 0 saturated carbocycles. The molecule has 0 N–H and O–H groups in total. The summed E-state index contributed by atoms with van der Waals surface area (Å²) in [6.07, 6.45) is 4.40.